The van der Waals surface area contributed by atoms with Gasteiger partial charge in [0.05, 0.1) is 5.56 Å². The van der Waals surface area contributed by atoms with Gasteiger partial charge in [0.25, 0.3) is 6.43 Å². The third kappa shape index (κ3) is 1.69. The number of hydrogen-bond acceptors (Lipinski definition) is 4. The van der Waals surface area contributed by atoms with Crippen molar-refractivity contribution in [3.05, 3.63) is 22.9 Å². The Morgan fingerprint density at radius 3 is 2.64 bits per heavy atom. The molecule has 4 nitrogen and oxygen atoms in total. The molecule has 0 unspecified atom stereocenters. The Morgan fingerprint density at radius 1 is 1.57 bits per heavy atom. The maximum Gasteiger partial charge on any atom is 0.265 e. The number of halogens is 2. The Bertz CT molecular complexity index is 355. The molecule has 76 valence electrons. The average molecular weight is 201 g/mol. The van der Waals surface area contributed by atoms with E-state index in [4.69, 9.17) is 11.5 Å². The van der Waals surface area contributed by atoms with Gasteiger partial charge in [0, 0.05) is 18.3 Å². The van der Waals surface area contributed by atoms with Crippen molar-refractivity contribution in [1.29, 1.82) is 0 Å². The molecule has 0 bridgehead atoms. The summed E-state index contributed by atoms with van der Waals surface area (Å²) in [5, 5.41) is 0. The number of nitrogens with two attached hydrogens (primary N) is 2. The minimum absolute atomic E-state index is 0.0506. The van der Waals surface area contributed by atoms with Crippen LogP contribution in [-0.2, 0) is 6.54 Å². The number of carbonyl (C=O) groups is 1. The van der Waals surface area contributed by atoms with Gasteiger partial charge in [-0.3, -0.25) is 4.79 Å². The van der Waals surface area contributed by atoms with E-state index < -0.39 is 6.43 Å². The van der Waals surface area contributed by atoms with Crippen LogP contribution in [0.4, 0.5) is 14.6 Å². The summed E-state index contributed by atoms with van der Waals surface area (Å²) < 4.78 is 24.8. The fourth-order valence-corrected chi connectivity index (χ4v) is 1.14. The lowest BCUT2D eigenvalue weighted by Gasteiger charge is -2.10. The summed E-state index contributed by atoms with van der Waals surface area (Å²) in [5.41, 5.74) is 10.3. The number of nitrogens with zero attached hydrogens (tertiary/aromatic N) is 1. The van der Waals surface area contributed by atoms with E-state index in [0.29, 0.717) is 6.29 Å². The zero-order valence-corrected chi connectivity index (χ0v) is 7.21. The van der Waals surface area contributed by atoms with E-state index in [1.54, 1.807) is 0 Å². The van der Waals surface area contributed by atoms with Crippen LogP contribution in [0.2, 0.25) is 0 Å². The van der Waals surface area contributed by atoms with Crippen LogP contribution in [0.15, 0.2) is 6.20 Å². The third-order valence-electron chi connectivity index (χ3n) is 1.85. The number of carbonyl (C=O) groups excluding carboxylic acids is 1. The minimum atomic E-state index is -2.71. The van der Waals surface area contributed by atoms with Crippen molar-refractivity contribution in [3.63, 3.8) is 0 Å². The molecule has 1 aromatic heterocycles. The standard InChI is InChI=1S/C8H9F2N3O/c9-7(10)5-2-13-8(12)6(3-14)4(5)1-11/h2-3,7H,1,11H2,(H2,12,13). The van der Waals surface area contributed by atoms with Crippen molar-refractivity contribution < 1.29 is 13.6 Å². The maximum absolute atomic E-state index is 12.4. The van der Waals surface area contributed by atoms with Gasteiger partial charge in [0.1, 0.15) is 5.82 Å². The quantitative estimate of drug-likeness (QED) is 0.711. The van der Waals surface area contributed by atoms with E-state index >= 15 is 0 Å². The van der Waals surface area contributed by atoms with Gasteiger partial charge in [-0.2, -0.15) is 0 Å². The predicted octanol–water partition coefficient (Wildman–Crippen LogP) is 0.873. The highest BCUT2D eigenvalue weighted by Crippen LogP contribution is 2.25. The van der Waals surface area contributed by atoms with Crippen LogP contribution < -0.4 is 11.5 Å². The first-order valence-corrected chi connectivity index (χ1v) is 3.82. The second-order valence-corrected chi connectivity index (χ2v) is 2.61. The molecule has 0 radical (unpaired) electrons. The van der Waals surface area contributed by atoms with Gasteiger partial charge in [0.2, 0.25) is 0 Å². The molecule has 0 saturated heterocycles. The topological polar surface area (TPSA) is 82.0 Å². The summed E-state index contributed by atoms with van der Waals surface area (Å²) in [6.07, 6.45) is -1.38. The molecule has 0 aliphatic carbocycles. The van der Waals surface area contributed by atoms with Gasteiger partial charge in [-0.25, -0.2) is 13.8 Å². The number of hydrogen-bond donors (Lipinski definition) is 2. The molecule has 1 heterocycles. The van der Waals surface area contributed by atoms with Crippen LogP contribution in [0.25, 0.3) is 0 Å². The second-order valence-electron chi connectivity index (χ2n) is 2.61. The Hall–Kier alpha value is -1.56. The molecule has 4 N–H and O–H groups in total. The van der Waals surface area contributed by atoms with Crippen molar-refractivity contribution in [2.24, 2.45) is 5.73 Å². The number of aromatic nitrogens is 1. The fraction of sp³-hybridized carbons (Fsp3) is 0.250. The first-order valence-electron chi connectivity index (χ1n) is 3.82. The molecule has 6 heteroatoms. The van der Waals surface area contributed by atoms with Crippen molar-refractivity contribution in [3.8, 4) is 0 Å². The molecule has 1 aromatic rings. The van der Waals surface area contributed by atoms with Crippen molar-refractivity contribution in [1.82, 2.24) is 4.98 Å². The SMILES string of the molecule is NCc1c(C(F)F)cnc(N)c1C=O. The first kappa shape index (κ1) is 10.5. The van der Waals surface area contributed by atoms with Crippen molar-refractivity contribution >= 4 is 12.1 Å². The summed E-state index contributed by atoms with van der Waals surface area (Å²) >= 11 is 0. The number of rotatable bonds is 3. The van der Waals surface area contributed by atoms with E-state index in [-0.39, 0.29) is 29.1 Å². The lowest BCUT2D eigenvalue weighted by atomic mass is 10.0. The number of nitrogen functional groups attached to an aromatic ring is 1. The number of alkyl halides is 2. The molecule has 0 fully saturated rings. The highest BCUT2D eigenvalue weighted by Gasteiger charge is 2.17. The predicted molar refractivity (Wildman–Crippen MR) is 46.9 cm³/mol. The van der Waals surface area contributed by atoms with Crippen LogP contribution in [0.1, 0.15) is 27.9 Å². The molecular weight excluding hydrogens is 192 g/mol. The van der Waals surface area contributed by atoms with Crippen LogP contribution in [0, 0.1) is 0 Å². The third-order valence-corrected chi connectivity index (χ3v) is 1.85. The van der Waals surface area contributed by atoms with Gasteiger partial charge in [0.15, 0.2) is 6.29 Å². The molecule has 0 aliphatic heterocycles. The van der Waals surface area contributed by atoms with Gasteiger partial charge in [-0.1, -0.05) is 0 Å². The summed E-state index contributed by atoms with van der Waals surface area (Å²) in [4.78, 5) is 14.1. The van der Waals surface area contributed by atoms with E-state index in [9.17, 15) is 13.6 Å². The van der Waals surface area contributed by atoms with Crippen molar-refractivity contribution in [2.45, 2.75) is 13.0 Å². The summed E-state index contributed by atoms with van der Waals surface area (Å²) in [6, 6.07) is 0. The molecule has 0 aromatic carbocycles. The molecule has 0 atom stereocenters. The maximum atomic E-state index is 12.4. The van der Waals surface area contributed by atoms with Gasteiger partial charge in [-0.05, 0) is 5.56 Å². The first-order chi connectivity index (χ1) is 6.61. The number of pyridine rings is 1. The Morgan fingerprint density at radius 2 is 2.21 bits per heavy atom. The normalized spacial score (nSPS) is 10.6. The molecule has 0 aliphatic rings. The summed E-state index contributed by atoms with van der Waals surface area (Å²) in [7, 11) is 0. The van der Waals surface area contributed by atoms with E-state index in [1.807, 2.05) is 0 Å². The lowest BCUT2D eigenvalue weighted by molar-refractivity contribution is 0.112. The van der Waals surface area contributed by atoms with Crippen LogP contribution in [0.5, 0.6) is 0 Å². The summed E-state index contributed by atoms with van der Waals surface area (Å²) in [5.74, 6) is -0.0788. The largest absolute Gasteiger partial charge is 0.383 e. The lowest BCUT2D eigenvalue weighted by Crippen LogP contribution is -2.10. The molecule has 14 heavy (non-hydrogen) atoms. The van der Waals surface area contributed by atoms with Crippen LogP contribution >= 0.6 is 0 Å². The summed E-state index contributed by atoms with van der Waals surface area (Å²) in [6.45, 7) is -0.166. The average Bonchev–Trinajstić information content (AvgIpc) is 2.16. The highest BCUT2D eigenvalue weighted by molar-refractivity contribution is 5.84. The zero-order chi connectivity index (χ0) is 10.7. The molecular formula is C8H9F2N3O. The van der Waals surface area contributed by atoms with Gasteiger partial charge in [-0.15, -0.1) is 0 Å². The smallest absolute Gasteiger partial charge is 0.265 e. The highest BCUT2D eigenvalue weighted by atomic mass is 19.3. The van der Waals surface area contributed by atoms with Crippen molar-refractivity contribution in [2.75, 3.05) is 5.73 Å². The van der Waals surface area contributed by atoms with Gasteiger partial charge >= 0.3 is 0 Å². The number of aldehydes is 1. The zero-order valence-electron chi connectivity index (χ0n) is 7.21. The van der Waals surface area contributed by atoms with Gasteiger partial charge < -0.3 is 11.5 Å². The van der Waals surface area contributed by atoms with Crippen LogP contribution in [-0.4, -0.2) is 11.3 Å². The molecule has 0 saturated carbocycles. The molecule has 0 spiro atoms. The number of anilines is 1. The monoisotopic (exact) mass is 201 g/mol. The Kier molecular flexibility index (Phi) is 3.08. The van der Waals surface area contributed by atoms with E-state index in [2.05, 4.69) is 4.98 Å². The van der Waals surface area contributed by atoms with E-state index in [1.165, 1.54) is 0 Å². The minimum Gasteiger partial charge on any atom is -0.383 e. The Balaban J connectivity index is 3.40. The fourth-order valence-electron chi connectivity index (χ4n) is 1.14. The van der Waals surface area contributed by atoms with E-state index in [0.717, 1.165) is 6.20 Å². The Labute approximate surface area is 78.9 Å². The second kappa shape index (κ2) is 4.10. The molecule has 1 rings (SSSR count). The molecule has 0 amide bonds. The van der Waals surface area contributed by atoms with Crippen LogP contribution in [0.3, 0.4) is 0 Å².